The molecule has 2 aliphatic rings. The molecule has 3 rings (SSSR count). The number of fused-ring (bicyclic) bond motifs is 1. The number of carbonyl (C=O) groups excluding carboxylic acids is 1. The van der Waals surface area contributed by atoms with E-state index in [0.29, 0.717) is 24.9 Å². The summed E-state index contributed by atoms with van der Waals surface area (Å²) in [6.07, 6.45) is 3.35. The molecule has 19 heavy (non-hydrogen) atoms. The summed E-state index contributed by atoms with van der Waals surface area (Å²) in [6.45, 7) is 1.38. The Morgan fingerprint density at radius 1 is 1.47 bits per heavy atom. The molecule has 1 amide bonds. The predicted octanol–water partition coefficient (Wildman–Crippen LogP) is 0.732. The number of aromatic amines is 1. The first-order valence-corrected chi connectivity index (χ1v) is 6.44. The number of nitrogens with one attached hydrogen (secondary N) is 1. The molecule has 2 heterocycles. The Bertz CT molecular complexity index is 527. The molecule has 7 nitrogen and oxygen atoms in total. The summed E-state index contributed by atoms with van der Waals surface area (Å²) in [5, 5.41) is 10.6. The lowest BCUT2D eigenvalue weighted by Crippen LogP contribution is -2.33. The number of nitrogens with two attached hydrogens (primary N) is 1. The van der Waals surface area contributed by atoms with Crippen molar-refractivity contribution in [2.75, 3.05) is 13.1 Å². The van der Waals surface area contributed by atoms with Gasteiger partial charge in [-0.05, 0) is 24.7 Å². The number of hydrogen-bond donors (Lipinski definition) is 2. The van der Waals surface area contributed by atoms with E-state index in [1.165, 1.54) is 12.3 Å². The normalized spacial score (nSPS) is 29.5. The second-order valence-electron chi connectivity index (χ2n) is 5.40. The summed E-state index contributed by atoms with van der Waals surface area (Å²) < 4.78 is 0. The van der Waals surface area contributed by atoms with Crippen LogP contribution in [0.3, 0.4) is 0 Å². The maximum absolute atomic E-state index is 12.3. The quantitative estimate of drug-likeness (QED) is 0.606. The number of nitro groups is 1. The van der Waals surface area contributed by atoms with Crippen LogP contribution in [0.2, 0.25) is 0 Å². The average Bonchev–Trinajstić information content (AvgIpc) is 3.05. The van der Waals surface area contributed by atoms with Gasteiger partial charge in [-0.25, -0.2) is 0 Å². The number of likely N-dealkylation sites (tertiary alicyclic amines) is 1. The second-order valence-corrected chi connectivity index (χ2v) is 5.40. The Hall–Kier alpha value is -1.89. The monoisotopic (exact) mass is 264 g/mol. The molecule has 1 aromatic heterocycles. The second kappa shape index (κ2) is 4.34. The Kier molecular flexibility index (Phi) is 2.78. The number of nitrogens with zero attached hydrogens (tertiary/aromatic N) is 2. The van der Waals surface area contributed by atoms with Gasteiger partial charge in [0.15, 0.2) is 0 Å². The standard InChI is InChI=1S/C12H16N4O3/c13-10-2-1-7-5-15(6-9(7)10)12(17)11-3-8(4-14-11)16(18)19/h3-4,7,9-10,14H,1-2,5-6,13H2. The molecular formula is C12H16N4O3. The first-order chi connectivity index (χ1) is 9.06. The Labute approximate surface area is 109 Å². The van der Waals surface area contributed by atoms with Crippen LogP contribution in [0.4, 0.5) is 5.69 Å². The minimum atomic E-state index is -0.512. The Morgan fingerprint density at radius 2 is 2.26 bits per heavy atom. The van der Waals surface area contributed by atoms with E-state index in [2.05, 4.69) is 4.98 Å². The lowest BCUT2D eigenvalue weighted by molar-refractivity contribution is -0.384. The third-order valence-corrected chi connectivity index (χ3v) is 4.31. The van der Waals surface area contributed by atoms with Crippen LogP contribution in [0, 0.1) is 22.0 Å². The molecule has 3 N–H and O–H groups in total. The lowest BCUT2D eigenvalue weighted by atomic mass is 9.98. The summed E-state index contributed by atoms with van der Waals surface area (Å²) in [4.78, 5) is 26.8. The molecule has 1 aliphatic heterocycles. The first-order valence-electron chi connectivity index (χ1n) is 6.44. The molecule has 0 bridgehead atoms. The van der Waals surface area contributed by atoms with Crippen LogP contribution in [0.15, 0.2) is 12.3 Å². The van der Waals surface area contributed by atoms with Gasteiger partial charge in [0.25, 0.3) is 11.6 Å². The molecule has 102 valence electrons. The van der Waals surface area contributed by atoms with Crippen LogP contribution in [0.5, 0.6) is 0 Å². The van der Waals surface area contributed by atoms with Gasteiger partial charge in [-0.15, -0.1) is 0 Å². The number of amides is 1. The SMILES string of the molecule is NC1CCC2CN(C(=O)c3cc([N+](=O)[O-])c[nH]3)CC12. The van der Waals surface area contributed by atoms with Gasteiger partial charge in [-0.1, -0.05) is 0 Å². The Morgan fingerprint density at radius 3 is 2.89 bits per heavy atom. The van der Waals surface area contributed by atoms with Crippen LogP contribution < -0.4 is 5.73 Å². The zero-order valence-corrected chi connectivity index (χ0v) is 10.4. The van der Waals surface area contributed by atoms with Gasteiger partial charge in [0.05, 0.1) is 11.1 Å². The van der Waals surface area contributed by atoms with E-state index in [1.54, 1.807) is 4.90 Å². The lowest BCUT2D eigenvalue weighted by Gasteiger charge is -2.17. The summed E-state index contributed by atoms with van der Waals surface area (Å²) >= 11 is 0. The molecule has 3 atom stereocenters. The summed E-state index contributed by atoms with van der Waals surface area (Å²) in [6, 6.07) is 1.47. The number of rotatable bonds is 2. The van der Waals surface area contributed by atoms with E-state index < -0.39 is 4.92 Å². The highest BCUT2D eigenvalue weighted by molar-refractivity contribution is 5.93. The van der Waals surface area contributed by atoms with E-state index in [4.69, 9.17) is 5.73 Å². The topological polar surface area (TPSA) is 105 Å². The van der Waals surface area contributed by atoms with Crippen molar-refractivity contribution in [2.45, 2.75) is 18.9 Å². The molecule has 3 unspecified atom stereocenters. The van der Waals surface area contributed by atoms with E-state index in [-0.39, 0.29) is 23.3 Å². The molecule has 7 heteroatoms. The zero-order chi connectivity index (χ0) is 13.6. The molecule has 0 radical (unpaired) electrons. The number of aromatic nitrogens is 1. The van der Waals surface area contributed by atoms with Crippen molar-refractivity contribution in [3.8, 4) is 0 Å². The molecule has 1 saturated heterocycles. The van der Waals surface area contributed by atoms with Crippen LogP contribution in [-0.4, -0.2) is 39.8 Å². The third kappa shape index (κ3) is 1.99. The average molecular weight is 264 g/mol. The largest absolute Gasteiger partial charge is 0.351 e. The highest BCUT2D eigenvalue weighted by atomic mass is 16.6. The van der Waals surface area contributed by atoms with Crippen molar-refractivity contribution in [3.63, 3.8) is 0 Å². The van der Waals surface area contributed by atoms with Crippen LogP contribution in [0.25, 0.3) is 0 Å². The smallest absolute Gasteiger partial charge is 0.287 e. The summed E-state index contributed by atoms with van der Waals surface area (Å²) in [7, 11) is 0. The van der Waals surface area contributed by atoms with Gasteiger partial charge < -0.3 is 15.6 Å². The summed E-state index contributed by atoms with van der Waals surface area (Å²) in [5.74, 6) is 0.701. The van der Waals surface area contributed by atoms with E-state index in [1.807, 2.05) is 0 Å². The van der Waals surface area contributed by atoms with Crippen molar-refractivity contribution in [3.05, 3.63) is 28.1 Å². The van der Waals surface area contributed by atoms with Crippen LogP contribution in [-0.2, 0) is 0 Å². The number of hydrogen-bond acceptors (Lipinski definition) is 4. The highest BCUT2D eigenvalue weighted by Gasteiger charge is 2.42. The number of carbonyl (C=O) groups is 1. The minimum absolute atomic E-state index is 0.0838. The van der Waals surface area contributed by atoms with Gasteiger partial charge >= 0.3 is 0 Å². The predicted molar refractivity (Wildman–Crippen MR) is 67.5 cm³/mol. The Balaban J connectivity index is 1.73. The summed E-state index contributed by atoms with van der Waals surface area (Å²) in [5.41, 5.74) is 6.22. The molecule has 0 aromatic carbocycles. The third-order valence-electron chi connectivity index (χ3n) is 4.31. The van der Waals surface area contributed by atoms with Crippen molar-refractivity contribution in [1.82, 2.24) is 9.88 Å². The van der Waals surface area contributed by atoms with Gasteiger partial charge in [0, 0.05) is 25.2 Å². The molecule has 0 spiro atoms. The fourth-order valence-corrected chi connectivity index (χ4v) is 3.26. The van der Waals surface area contributed by atoms with Crippen molar-refractivity contribution in [1.29, 1.82) is 0 Å². The molecule has 1 saturated carbocycles. The molecule has 2 fully saturated rings. The number of H-pyrrole nitrogens is 1. The maximum atomic E-state index is 12.3. The van der Waals surface area contributed by atoms with Crippen LogP contribution >= 0.6 is 0 Å². The van der Waals surface area contributed by atoms with Crippen molar-refractivity contribution < 1.29 is 9.72 Å². The molecule has 1 aromatic rings. The van der Waals surface area contributed by atoms with Gasteiger partial charge in [0.1, 0.15) is 5.69 Å². The molecular weight excluding hydrogens is 248 g/mol. The first kappa shape index (κ1) is 12.2. The van der Waals surface area contributed by atoms with Crippen molar-refractivity contribution in [2.24, 2.45) is 17.6 Å². The fraction of sp³-hybridized carbons (Fsp3) is 0.583. The van der Waals surface area contributed by atoms with E-state index >= 15 is 0 Å². The van der Waals surface area contributed by atoms with Gasteiger partial charge in [-0.3, -0.25) is 14.9 Å². The maximum Gasteiger partial charge on any atom is 0.287 e. The van der Waals surface area contributed by atoms with E-state index in [0.717, 1.165) is 12.8 Å². The van der Waals surface area contributed by atoms with Crippen molar-refractivity contribution >= 4 is 11.6 Å². The van der Waals surface area contributed by atoms with E-state index in [9.17, 15) is 14.9 Å². The highest BCUT2D eigenvalue weighted by Crippen LogP contribution is 2.37. The van der Waals surface area contributed by atoms with Gasteiger partial charge in [0.2, 0.25) is 0 Å². The fourth-order valence-electron chi connectivity index (χ4n) is 3.26. The van der Waals surface area contributed by atoms with Gasteiger partial charge in [-0.2, -0.15) is 0 Å². The molecule has 1 aliphatic carbocycles. The zero-order valence-electron chi connectivity index (χ0n) is 10.4. The minimum Gasteiger partial charge on any atom is -0.351 e. The van der Waals surface area contributed by atoms with Crippen LogP contribution in [0.1, 0.15) is 23.3 Å².